The van der Waals surface area contributed by atoms with Gasteiger partial charge in [0.25, 0.3) is 0 Å². The lowest BCUT2D eigenvalue weighted by Crippen LogP contribution is -2.48. The number of carbonyl (C=O) groups is 2. The predicted molar refractivity (Wildman–Crippen MR) is 168 cm³/mol. The summed E-state index contributed by atoms with van der Waals surface area (Å²) in [6.45, 7) is 5.38. The van der Waals surface area contributed by atoms with Gasteiger partial charge < -0.3 is 43.9 Å². The molecule has 1 aliphatic rings. The number of halogens is 3. The topological polar surface area (TPSA) is 145 Å². The van der Waals surface area contributed by atoms with Gasteiger partial charge >= 0.3 is 12.1 Å². The number of fused-ring (bicyclic) bond motifs is 1. The smallest absolute Gasteiger partial charge is 0.407 e. The molecule has 0 bridgehead atoms. The lowest BCUT2D eigenvalue weighted by molar-refractivity contribution is -0.149. The van der Waals surface area contributed by atoms with E-state index in [1.54, 1.807) is 37.3 Å². The summed E-state index contributed by atoms with van der Waals surface area (Å²) in [4.78, 5) is 34.8. The minimum atomic E-state index is -0.986. The second-order valence-corrected chi connectivity index (χ2v) is 10.8. The summed E-state index contributed by atoms with van der Waals surface area (Å²) in [6, 6.07) is 8.70. The lowest BCUT2D eigenvalue weighted by Gasteiger charge is -2.34. The Bertz CT molecular complexity index is 1450. The van der Waals surface area contributed by atoms with Crippen molar-refractivity contribution >= 4 is 67.9 Å². The van der Waals surface area contributed by atoms with E-state index in [0.29, 0.717) is 75.4 Å². The molecule has 0 atom stereocenters. The van der Waals surface area contributed by atoms with E-state index in [-0.39, 0.29) is 47.3 Å². The van der Waals surface area contributed by atoms with Crippen molar-refractivity contribution in [2.24, 2.45) is 0 Å². The summed E-state index contributed by atoms with van der Waals surface area (Å²) in [7, 11) is 0. The Balaban J connectivity index is 1.26. The Morgan fingerprint density at radius 2 is 1.64 bits per heavy atom. The average molecular weight is 715 g/mol. The maximum Gasteiger partial charge on any atom is 0.407 e. The number of benzene rings is 2. The van der Waals surface area contributed by atoms with E-state index in [1.165, 1.54) is 4.90 Å². The molecule has 16 heteroatoms. The summed E-state index contributed by atoms with van der Waals surface area (Å²) in [5.74, 6) is 0.225. The number of nitrogens with one attached hydrogen (secondary N) is 1. The molecule has 0 saturated carbocycles. The van der Waals surface area contributed by atoms with E-state index in [1.807, 2.05) is 4.90 Å². The van der Waals surface area contributed by atoms with Crippen LogP contribution in [0.4, 0.5) is 26.6 Å². The SMILES string of the molecule is CCOC(=O)COCCOCCOCCOc1ccc(Nc2nc(N3CCN(C(=O)O)CC3)c3cc(Cl)c(Br)c(F)c3n2)cc1. The summed E-state index contributed by atoms with van der Waals surface area (Å²) in [5.41, 5.74) is 0.726. The van der Waals surface area contributed by atoms with Crippen molar-refractivity contribution in [1.82, 2.24) is 14.9 Å². The number of piperazine rings is 1. The first-order chi connectivity index (χ1) is 21.8. The number of rotatable bonds is 16. The van der Waals surface area contributed by atoms with E-state index in [4.69, 9.17) is 35.3 Å². The molecule has 2 aromatic carbocycles. The molecule has 0 aliphatic carbocycles. The first-order valence-electron chi connectivity index (χ1n) is 14.2. The van der Waals surface area contributed by atoms with E-state index >= 15 is 4.39 Å². The fourth-order valence-corrected chi connectivity index (χ4v) is 4.84. The third-order valence-corrected chi connectivity index (χ3v) is 7.83. The van der Waals surface area contributed by atoms with Crippen molar-refractivity contribution in [3.8, 4) is 5.75 Å². The van der Waals surface area contributed by atoms with Crippen molar-refractivity contribution < 1.29 is 42.8 Å². The highest BCUT2D eigenvalue weighted by atomic mass is 79.9. The summed E-state index contributed by atoms with van der Waals surface area (Å²) >= 11 is 9.44. The fraction of sp³-hybridized carbons (Fsp3) is 0.448. The van der Waals surface area contributed by atoms with Crippen LogP contribution in [0, 0.1) is 5.82 Å². The molecule has 0 radical (unpaired) electrons. The Kier molecular flexibility index (Phi) is 13.2. The lowest BCUT2D eigenvalue weighted by atomic mass is 10.2. The summed E-state index contributed by atoms with van der Waals surface area (Å²) in [6.07, 6.45) is -0.986. The fourth-order valence-electron chi connectivity index (χ4n) is 4.34. The van der Waals surface area contributed by atoms with Crippen molar-refractivity contribution in [1.29, 1.82) is 0 Å². The zero-order valence-corrected chi connectivity index (χ0v) is 26.9. The molecule has 45 heavy (non-hydrogen) atoms. The zero-order valence-electron chi connectivity index (χ0n) is 24.6. The van der Waals surface area contributed by atoms with Gasteiger partial charge in [-0.1, -0.05) is 11.6 Å². The van der Waals surface area contributed by atoms with Crippen LogP contribution < -0.4 is 15.0 Å². The number of amides is 1. The van der Waals surface area contributed by atoms with Gasteiger partial charge in [0, 0.05) is 37.3 Å². The average Bonchev–Trinajstić information content (AvgIpc) is 3.03. The van der Waals surface area contributed by atoms with Crippen LogP contribution in [0.15, 0.2) is 34.8 Å². The Morgan fingerprint density at radius 1 is 1.00 bits per heavy atom. The van der Waals surface area contributed by atoms with Gasteiger partial charge in [0.05, 0.1) is 49.1 Å². The molecule has 244 valence electrons. The first kappa shape index (κ1) is 34.4. The van der Waals surface area contributed by atoms with Crippen LogP contribution in [-0.4, -0.2) is 111 Å². The third-order valence-electron chi connectivity index (χ3n) is 6.53. The maximum absolute atomic E-state index is 15.3. The third kappa shape index (κ3) is 9.99. The normalized spacial score (nSPS) is 13.2. The molecule has 2 heterocycles. The maximum atomic E-state index is 15.3. The van der Waals surface area contributed by atoms with Crippen molar-refractivity contribution in [2.45, 2.75) is 6.92 Å². The molecule has 0 spiro atoms. The second-order valence-electron chi connectivity index (χ2n) is 9.59. The molecule has 4 rings (SSSR count). The largest absolute Gasteiger partial charge is 0.491 e. The van der Waals surface area contributed by atoms with Gasteiger partial charge in [-0.15, -0.1) is 0 Å². The second kappa shape index (κ2) is 17.3. The van der Waals surface area contributed by atoms with Gasteiger partial charge in [-0.2, -0.15) is 4.98 Å². The number of nitrogens with zero attached hydrogens (tertiary/aromatic N) is 4. The van der Waals surface area contributed by atoms with Gasteiger partial charge in [0.1, 0.15) is 30.3 Å². The highest BCUT2D eigenvalue weighted by molar-refractivity contribution is 9.10. The van der Waals surface area contributed by atoms with Crippen molar-refractivity contribution in [2.75, 3.05) is 89.3 Å². The van der Waals surface area contributed by atoms with Crippen LogP contribution in [0.3, 0.4) is 0 Å². The van der Waals surface area contributed by atoms with Gasteiger partial charge in [-0.25, -0.2) is 19.0 Å². The molecule has 0 unspecified atom stereocenters. The molecule has 1 aromatic heterocycles. The van der Waals surface area contributed by atoms with Crippen LogP contribution >= 0.6 is 27.5 Å². The molecule has 1 saturated heterocycles. The molecule has 2 N–H and O–H groups in total. The Labute approximate surface area is 272 Å². The van der Waals surface area contributed by atoms with Crippen molar-refractivity contribution in [3.63, 3.8) is 0 Å². The number of carbonyl (C=O) groups excluding carboxylic acids is 1. The quantitative estimate of drug-likeness (QED) is 0.120. The van der Waals surface area contributed by atoms with Crippen LogP contribution in [0.1, 0.15) is 6.92 Å². The van der Waals surface area contributed by atoms with Gasteiger partial charge in [0.15, 0.2) is 5.82 Å². The van der Waals surface area contributed by atoms with Gasteiger partial charge in [-0.3, -0.25) is 0 Å². The minimum Gasteiger partial charge on any atom is -0.491 e. The van der Waals surface area contributed by atoms with E-state index in [2.05, 4.69) is 31.2 Å². The van der Waals surface area contributed by atoms with Gasteiger partial charge in [-0.05, 0) is 53.2 Å². The van der Waals surface area contributed by atoms with Crippen LogP contribution in [0.5, 0.6) is 5.75 Å². The Morgan fingerprint density at radius 3 is 2.29 bits per heavy atom. The summed E-state index contributed by atoms with van der Waals surface area (Å²) in [5, 5.41) is 13.0. The highest BCUT2D eigenvalue weighted by Gasteiger charge is 2.25. The number of aromatic nitrogens is 2. The predicted octanol–water partition coefficient (Wildman–Crippen LogP) is 4.72. The standard InChI is InChI=1S/C29H34BrClFN5O8/c1-2-44-23(38)18-43-14-13-41-11-12-42-15-16-45-20-5-3-19(4-6-20)33-28-34-26-21(17-22(31)24(30)25(26)32)27(35-28)36-7-9-37(10-8-36)29(39)40/h3-6,17H,2,7-16,18H2,1H3,(H,39,40)(H,33,34,35). The number of hydrogen-bond acceptors (Lipinski definition) is 11. The highest BCUT2D eigenvalue weighted by Crippen LogP contribution is 2.36. The van der Waals surface area contributed by atoms with Crippen molar-refractivity contribution in [3.05, 3.63) is 45.6 Å². The minimum absolute atomic E-state index is 0.0760. The van der Waals surface area contributed by atoms with E-state index in [0.717, 1.165) is 0 Å². The number of hydrogen-bond donors (Lipinski definition) is 2. The molecule has 3 aromatic rings. The van der Waals surface area contributed by atoms with Crippen LogP contribution in [0.2, 0.25) is 5.02 Å². The number of ether oxygens (including phenoxy) is 5. The zero-order chi connectivity index (χ0) is 32.2. The molecular formula is C29H34BrClFN5O8. The van der Waals surface area contributed by atoms with Crippen LogP contribution in [0.25, 0.3) is 10.9 Å². The summed E-state index contributed by atoms with van der Waals surface area (Å²) < 4.78 is 41.9. The van der Waals surface area contributed by atoms with E-state index < -0.39 is 17.9 Å². The van der Waals surface area contributed by atoms with Gasteiger partial charge in [0.2, 0.25) is 5.95 Å². The first-order valence-corrected chi connectivity index (χ1v) is 15.4. The van der Waals surface area contributed by atoms with Crippen LogP contribution in [-0.2, 0) is 23.7 Å². The Hall–Kier alpha value is -3.50. The molecule has 13 nitrogen and oxygen atoms in total. The molecule has 1 aliphatic heterocycles. The number of carboxylic acid groups (broad SMARTS) is 1. The van der Waals surface area contributed by atoms with E-state index in [9.17, 15) is 14.7 Å². The number of anilines is 3. The number of esters is 1. The molecule has 1 amide bonds. The molecular weight excluding hydrogens is 681 g/mol. The monoisotopic (exact) mass is 713 g/mol. The molecule has 1 fully saturated rings.